The van der Waals surface area contributed by atoms with Crippen LogP contribution in [0.2, 0.25) is 0 Å². The van der Waals surface area contributed by atoms with Gasteiger partial charge in [0.15, 0.2) is 0 Å². The highest BCUT2D eigenvalue weighted by molar-refractivity contribution is 7.09. The maximum absolute atomic E-state index is 4.48. The van der Waals surface area contributed by atoms with Crippen molar-refractivity contribution in [3.05, 3.63) is 41.7 Å². The molecule has 0 saturated heterocycles. The summed E-state index contributed by atoms with van der Waals surface area (Å²) in [5.74, 6) is 1.89. The molecule has 0 radical (unpaired) electrons. The topological polar surface area (TPSA) is 37.8 Å². The molecule has 3 nitrogen and oxygen atoms in total. The Hall–Kier alpha value is -1.42. The first-order chi connectivity index (χ1) is 9.16. The average molecular weight is 275 g/mol. The Labute approximate surface area is 119 Å². The highest BCUT2D eigenvalue weighted by Gasteiger charge is 2.08. The van der Waals surface area contributed by atoms with Crippen LogP contribution in [-0.2, 0) is 0 Å². The summed E-state index contributed by atoms with van der Waals surface area (Å²) in [5.41, 5.74) is 1.39. The molecule has 0 saturated carbocycles. The zero-order chi connectivity index (χ0) is 13.7. The van der Waals surface area contributed by atoms with E-state index < -0.39 is 0 Å². The van der Waals surface area contributed by atoms with Crippen LogP contribution in [0.25, 0.3) is 0 Å². The third-order valence-electron chi connectivity index (χ3n) is 3.18. The second kappa shape index (κ2) is 6.66. The maximum Gasteiger partial charge on any atom is 0.202 e. The summed E-state index contributed by atoms with van der Waals surface area (Å²) in [6.45, 7) is 7.42. The normalized spacial score (nSPS) is 12.6. The molecular formula is C15H21N3S. The molecule has 1 atom stereocenters. The largest absolute Gasteiger partial charge is 0.360 e. The van der Waals surface area contributed by atoms with E-state index in [0.717, 1.165) is 23.9 Å². The Kier molecular flexibility index (Phi) is 4.91. The van der Waals surface area contributed by atoms with E-state index in [1.54, 1.807) is 0 Å². The molecule has 19 heavy (non-hydrogen) atoms. The van der Waals surface area contributed by atoms with Gasteiger partial charge in [0.2, 0.25) is 5.13 Å². The van der Waals surface area contributed by atoms with Gasteiger partial charge in [-0.25, -0.2) is 4.98 Å². The maximum atomic E-state index is 4.48. The fourth-order valence-electron chi connectivity index (χ4n) is 1.89. The van der Waals surface area contributed by atoms with Crippen molar-refractivity contribution in [3.63, 3.8) is 0 Å². The SMILES string of the molecule is CC(C)c1nsc(NCCC(C)c2ccccc2)n1. The highest BCUT2D eigenvalue weighted by atomic mass is 32.1. The summed E-state index contributed by atoms with van der Waals surface area (Å²) in [7, 11) is 0. The number of benzene rings is 1. The summed E-state index contributed by atoms with van der Waals surface area (Å²) in [6.07, 6.45) is 1.10. The van der Waals surface area contributed by atoms with E-state index in [1.165, 1.54) is 17.1 Å². The lowest BCUT2D eigenvalue weighted by Crippen LogP contribution is -2.06. The van der Waals surface area contributed by atoms with E-state index in [-0.39, 0.29) is 0 Å². The summed E-state index contributed by atoms with van der Waals surface area (Å²) in [5, 5.41) is 4.30. The predicted octanol–water partition coefficient (Wildman–Crippen LogP) is 4.27. The smallest absolute Gasteiger partial charge is 0.202 e. The molecule has 1 aromatic carbocycles. The lowest BCUT2D eigenvalue weighted by Gasteiger charge is -2.11. The fraction of sp³-hybridized carbons (Fsp3) is 0.467. The van der Waals surface area contributed by atoms with Crippen molar-refractivity contribution < 1.29 is 0 Å². The Morgan fingerprint density at radius 2 is 1.89 bits per heavy atom. The number of hydrogen-bond donors (Lipinski definition) is 1. The van der Waals surface area contributed by atoms with Crippen molar-refractivity contribution in [2.45, 2.75) is 39.0 Å². The van der Waals surface area contributed by atoms with Crippen LogP contribution >= 0.6 is 11.5 Å². The lowest BCUT2D eigenvalue weighted by atomic mass is 9.98. The molecule has 1 heterocycles. The molecule has 102 valence electrons. The van der Waals surface area contributed by atoms with E-state index in [1.807, 2.05) is 0 Å². The van der Waals surface area contributed by atoms with Gasteiger partial charge in [-0.15, -0.1) is 0 Å². The third kappa shape index (κ3) is 4.03. The Bertz CT molecular complexity index is 493. The van der Waals surface area contributed by atoms with Crippen LogP contribution in [0.1, 0.15) is 50.4 Å². The van der Waals surface area contributed by atoms with Crippen LogP contribution in [0.3, 0.4) is 0 Å². The van der Waals surface area contributed by atoms with Gasteiger partial charge in [-0.05, 0) is 17.9 Å². The second-order valence-electron chi connectivity index (χ2n) is 5.14. The van der Waals surface area contributed by atoms with Crippen LogP contribution in [-0.4, -0.2) is 15.9 Å². The molecule has 1 N–H and O–H groups in total. The minimum Gasteiger partial charge on any atom is -0.360 e. The quantitative estimate of drug-likeness (QED) is 0.855. The number of rotatable bonds is 6. The molecule has 0 fully saturated rings. The van der Waals surface area contributed by atoms with E-state index in [0.29, 0.717) is 11.8 Å². The van der Waals surface area contributed by atoms with Crippen molar-refractivity contribution >= 4 is 16.7 Å². The Morgan fingerprint density at radius 3 is 2.53 bits per heavy atom. The molecule has 1 unspecified atom stereocenters. The van der Waals surface area contributed by atoms with Gasteiger partial charge in [-0.3, -0.25) is 0 Å². The molecule has 2 rings (SSSR count). The van der Waals surface area contributed by atoms with Crippen molar-refractivity contribution in [2.24, 2.45) is 0 Å². The van der Waals surface area contributed by atoms with Crippen LogP contribution in [0.5, 0.6) is 0 Å². The molecule has 4 heteroatoms. The van der Waals surface area contributed by atoms with Gasteiger partial charge in [-0.2, -0.15) is 4.37 Å². The fourth-order valence-corrected chi connectivity index (χ4v) is 2.62. The highest BCUT2D eigenvalue weighted by Crippen LogP contribution is 2.20. The molecule has 0 spiro atoms. The van der Waals surface area contributed by atoms with E-state index in [2.05, 4.69) is 65.8 Å². The first-order valence-electron chi connectivity index (χ1n) is 6.79. The van der Waals surface area contributed by atoms with Crippen LogP contribution in [0.4, 0.5) is 5.13 Å². The summed E-state index contributed by atoms with van der Waals surface area (Å²) >= 11 is 1.45. The van der Waals surface area contributed by atoms with Crippen LogP contribution < -0.4 is 5.32 Å². The van der Waals surface area contributed by atoms with Gasteiger partial charge in [0.05, 0.1) is 0 Å². The molecule has 0 amide bonds. The first kappa shape index (κ1) is 14.0. The van der Waals surface area contributed by atoms with Gasteiger partial charge in [0.1, 0.15) is 5.82 Å². The molecule has 0 aliphatic rings. The first-order valence-corrected chi connectivity index (χ1v) is 7.56. The van der Waals surface area contributed by atoms with Crippen molar-refractivity contribution in [2.75, 3.05) is 11.9 Å². The number of aromatic nitrogens is 2. The van der Waals surface area contributed by atoms with E-state index in [9.17, 15) is 0 Å². The Morgan fingerprint density at radius 1 is 1.16 bits per heavy atom. The summed E-state index contributed by atoms with van der Waals surface area (Å²) < 4.78 is 4.34. The van der Waals surface area contributed by atoms with Gasteiger partial charge in [-0.1, -0.05) is 51.1 Å². The number of hydrogen-bond acceptors (Lipinski definition) is 4. The van der Waals surface area contributed by atoms with Gasteiger partial charge in [0.25, 0.3) is 0 Å². The van der Waals surface area contributed by atoms with E-state index >= 15 is 0 Å². The van der Waals surface area contributed by atoms with Crippen LogP contribution in [0.15, 0.2) is 30.3 Å². The molecule has 1 aromatic heterocycles. The van der Waals surface area contributed by atoms with Gasteiger partial charge in [0, 0.05) is 24.0 Å². The summed E-state index contributed by atoms with van der Waals surface area (Å²) in [6, 6.07) is 10.6. The van der Waals surface area contributed by atoms with Crippen LogP contribution in [0, 0.1) is 0 Å². The average Bonchev–Trinajstić information content (AvgIpc) is 2.89. The summed E-state index contributed by atoms with van der Waals surface area (Å²) in [4.78, 5) is 4.48. The Balaban J connectivity index is 1.80. The number of nitrogens with zero attached hydrogens (tertiary/aromatic N) is 2. The zero-order valence-corrected chi connectivity index (χ0v) is 12.6. The zero-order valence-electron chi connectivity index (χ0n) is 11.8. The molecule has 0 aliphatic heterocycles. The minimum atomic E-state index is 0.398. The third-order valence-corrected chi connectivity index (χ3v) is 3.87. The number of nitrogens with one attached hydrogen (secondary N) is 1. The van der Waals surface area contributed by atoms with Gasteiger partial charge < -0.3 is 5.32 Å². The molecule has 0 aliphatic carbocycles. The van der Waals surface area contributed by atoms with Gasteiger partial charge >= 0.3 is 0 Å². The van der Waals surface area contributed by atoms with Crippen molar-refractivity contribution in [1.29, 1.82) is 0 Å². The molecule has 2 aromatic rings. The monoisotopic (exact) mass is 275 g/mol. The minimum absolute atomic E-state index is 0.398. The predicted molar refractivity (Wildman–Crippen MR) is 82.0 cm³/mol. The van der Waals surface area contributed by atoms with E-state index in [4.69, 9.17) is 0 Å². The molecular weight excluding hydrogens is 254 g/mol. The lowest BCUT2D eigenvalue weighted by molar-refractivity contribution is 0.705. The van der Waals surface area contributed by atoms with Crippen molar-refractivity contribution in [3.8, 4) is 0 Å². The standard InChI is InChI=1S/C15H21N3S/c1-11(2)14-17-15(19-18-14)16-10-9-12(3)13-7-5-4-6-8-13/h4-8,11-12H,9-10H2,1-3H3,(H,16,17,18). The molecule has 0 bridgehead atoms. The number of anilines is 1. The van der Waals surface area contributed by atoms with Crippen molar-refractivity contribution in [1.82, 2.24) is 9.36 Å². The second-order valence-corrected chi connectivity index (χ2v) is 5.89.